The minimum absolute atomic E-state index is 0.0803. The fourth-order valence-corrected chi connectivity index (χ4v) is 6.92. The fourth-order valence-electron chi connectivity index (χ4n) is 5.72. The molecule has 0 radical (unpaired) electrons. The van der Waals surface area contributed by atoms with Gasteiger partial charge in [0.15, 0.2) is 11.0 Å². The highest BCUT2D eigenvalue weighted by Crippen LogP contribution is 2.35. The number of urea groups is 1. The maximum Gasteiger partial charge on any atom is 0.573 e. The lowest BCUT2D eigenvalue weighted by molar-refractivity contribution is -0.274. The minimum atomic E-state index is -4.75. The zero-order chi connectivity index (χ0) is 33.0. The lowest BCUT2D eigenvalue weighted by Crippen LogP contribution is -2.43. The summed E-state index contributed by atoms with van der Waals surface area (Å²) in [6.07, 6.45) is -1.42. The molecule has 1 fully saturated rings. The Morgan fingerprint density at radius 2 is 1.76 bits per heavy atom. The maximum atomic E-state index is 13.1. The first kappa shape index (κ1) is 33.1. The molecule has 242 valence electrons. The van der Waals surface area contributed by atoms with Crippen LogP contribution in [0, 0.1) is 20.8 Å². The molecule has 4 aromatic rings. The number of carbonyl (C=O) groups is 1. The largest absolute Gasteiger partial charge is 0.573 e. The number of amidine groups is 1. The number of hydrogen-bond acceptors (Lipinski definition) is 5. The maximum absolute atomic E-state index is 13.1. The molecule has 1 aliphatic heterocycles. The number of ether oxygens (including phenoxy) is 1. The van der Waals surface area contributed by atoms with Gasteiger partial charge in [0.25, 0.3) is 0 Å². The van der Waals surface area contributed by atoms with Gasteiger partial charge in [-0.2, -0.15) is 4.99 Å². The van der Waals surface area contributed by atoms with Crippen LogP contribution in [0.15, 0.2) is 72.0 Å². The van der Waals surface area contributed by atoms with E-state index in [1.54, 1.807) is 11.8 Å². The van der Waals surface area contributed by atoms with Crippen LogP contribution in [0.4, 0.5) is 23.7 Å². The van der Waals surface area contributed by atoms with Gasteiger partial charge in [-0.05, 0) is 81.5 Å². The first-order valence-corrected chi connectivity index (χ1v) is 16.1. The van der Waals surface area contributed by atoms with Crippen molar-refractivity contribution in [1.82, 2.24) is 20.1 Å². The van der Waals surface area contributed by atoms with Crippen LogP contribution in [0.5, 0.6) is 5.75 Å². The summed E-state index contributed by atoms with van der Waals surface area (Å²) >= 11 is 1.61. The number of hydrogen-bond donors (Lipinski definition) is 1. The van der Waals surface area contributed by atoms with Crippen molar-refractivity contribution in [3.63, 3.8) is 0 Å². The van der Waals surface area contributed by atoms with E-state index in [0.29, 0.717) is 18.1 Å². The Labute approximate surface area is 271 Å². The second-order valence-electron chi connectivity index (χ2n) is 11.5. The lowest BCUT2D eigenvalue weighted by Gasteiger charge is -2.37. The number of aromatic nitrogens is 3. The third-order valence-electron chi connectivity index (χ3n) is 7.95. The van der Waals surface area contributed by atoms with E-state index in [4.69, 9.17) is 0 Å². The molecule has 3 aromatic carbocycles. The molecule has 2 atom stereocenters. The minimum Gasteiger partial charge on any atom is -0.406 e. The number of benzene rings is 3. The van der Waals surface area contributed by atoms with Gasteiger partial charge < -0.3 is 15.0 Å². The first-order chi connectivity index (χ1) is 21.9. The van der Waals surface area contributed by atoms with Gasteiger partial charge in [0, 0.05) is 35.5 Å². The van der Waals surface area contributed by atoms with Crippen LogP contribution in [-0.4, -0.2) is 50.7 Å². The molecule has 2 unspecified atom stereocenters. The lowest BCUT2D eigenvalue weighted by atomic mass is 9.95. The van der Waals surface area contributed by atoms with E-state index in [1.165, 1.54) is 52.0 Å². The molecule has 0 aliphatic carbocycles. The first-order valence-electron chi connectivity index (χ1n) is 15.2. The van der Waals surface area contributed by atoms with E-state index in [1.807, 2.05) is 24.3 Å². The topological polar surface area (TPSA) is 84.6 Å². The molecule has 46 heavy (non-hydrogen) atoms. The van der Waals surface area contributed by atoms with E-state index in [-0.39, 0.29) is 23.7 Å². The average molecular weight is 651 g/mol. The van der Waals surface area contributed by atoms with Gasteiger partial charge in [-0.3, -0.25) is 0 Å². The normalized spacial score (nSPS) is 16.8. The Kier molecular flexibility index (Phi) is 10.0. The molecule has 8 nitrogen and oxygen atoms in total. The van der Waals surface area contributed by atoms with Crippen molar-refractivity contribution in [1.29, 1.82) is 0 Å². The van der Waals surface area contributed by atoms with E-state index < -0.39 is 6.36 Å². The molecule has 0 saturated carbocycles. The van der Waals surface area contributed by atoms with E-state index in [9.17, 15) is 18.0 Å². The van der Waals surface area contributed by atoms with Gasteiger partial charge >= 0.3 is 12.4 Å². The number of thioether (sulfide) groups is 1. The van der Waals surface area contributed by atoms with Crippen molar-refractivity contribution in [2.45, 2.75) is 65.8 Å². The van der Waals surface area contributed by atoms with Crippen molar-refractivity contribution in [3.05, 3.63) is 89.2 Å². The summed E-state index contributed by atoms with van der Waals surface area (Å²) in [6.45, 7) is 11.0. The Morgan fingerprint density at radius 1 is 1.09 bits per heavy atom. The highest BCUT2D eigenvalue weighted by molar-refractivity contribution is 8.14. The number of nitrogens with one attached hydrogen (secondary N) is 1. The molecule has 2 amide bonds. The summed E-state index contributed by atoms with van der Waals surface area (Å²) < 4.78 is 42.8. The van der Waals surface area contributed by atoms with E-state index in [2.05, 4.69) is 76.8 Å². The summed E-state index contributed by atoms with van der Waals surface area (Å²) in [5, 5.41) is 8.22. The van der Waals surface area contributed by atoms with Gasteiger partial charge in [0.2, 0.25) is 0 Å². The molecule has 0 bridgehead atoms. The number of nitrogens with zero attached hydrogens (tertiary/aromatic N) is 5. The van der Waals surface area contributed by atoms with Crippen molar-refractivity contribution in [2.75, 3.05) is 17.2 Å². The monoisotopic (exact) mass is 650 g/mol. The van der Waals surface area contributed by atoms with Crippen LogP contribution in [0.3, 0.4) is 0 Å². The van der Waals surface area contributed by atoms with Crippen molar-refractivity contribution >= 4 is 28.6 Å². The average Bonchev–Trinajstić information content (AvgIpc) is 3.49. The number of amides is 2. The Hall–Kier alpha value is -4.32. The third kappa shape index (κ3) is 7.90. The molecule has 12 heteroatoms. The zero-order valence-electron chi connectivity index (χ0n) is 26.4. The van der Waals surface area contributed by atoms with Gasteiger partial charge in [-0.25, -0.2) is 14.5 Å². The molecule has 5 rings (SSSR count). The number of carbonyl (C=O) groups excluding carboxylic acids is 1. The predicted octanol–water partition coefficient (Wildman–Crippen LogP) is 8.35. The van der Waals surface area contributed by atoms with Crippen molar-refractivity contribution < 1.29 is 22.7 Å². The van der Waals surface area contributed by atoms with Crippen molar-refractivity contribution in [3.8, 4) is 22.8 Å². The van der Waals surface area contributed by atoms with Crippen LogP contribution in [-0.2, 0) is 0 Å². The number of aryl methyl sites for hydroxylation is 3. The van der Waals surface area contributed by atoms with Crippen molar-refractivity contribution in [2.24, 2.45) is 4.99 Å². The smallest absolute Gasteiger partial charge is 0.406 e. The molecular weight excluding hydrogens is 613 g/mol. The van der Waals surface area contributed by atoms with Crippen LogP contribution < -0.4 is 15.0 Å². The summed E-state index contributed by atoms with van der Waals surface area (Å²) in [6, 6.07) is 17.5. The predicted molar refractivity (Wildman–Crippen MR) is 177 cm³/mol. The van der Waals surface area contributed by atoms with Crippen LogP contribution in [0.2, 0.25) is 0 Å². The number of rotatable bonds is 8. The van der Waals surface area contributed by atoms with Gasteiger partial charge in [0.1, 0.15) is 12.1 Å². The van der Waals surface area contributed by atoms with E-state index >= 15 is 0 Å². The second kappa shape index (κ2) is 14.0. The Balaban J connectivity index is 1.23. The zero-order valence-corrected chi connectivity index (χ0v) is 27.2. The standard InChI is InChI=1S/C34H37F3N6O2S/c1-6-25(19-38-32(44)40-33-43(24(5)15-16-46-33)30-22(3)17-21(2)18-23(30)4)26-7-9-27(10-8-26)31-39-20-42(41-31)28-11-13-29(14-12-28)45-34(35,36)37/h7-14,17-18,20,24-25H,6,15-16,19H2,1-5H3,(H,38,44). The Bertz CT molecular complexity index is 1680. The van der Waals surface area contributed by atoms with E-state index in [0.717, 1.165) is 40.6 Å². The number of halogens is 3. The van der Waals surface area contributed by atoms with Crippen LogP contribution in [0.25, 0.3) is 17.1 Å². The van der Waals surface area contributed by atoms with Gasteiger partial charge in [0.05, 0.1) is 5.69 Å². The molecule has 1 saturated heterocycles. The molecule has 1 N–H and O–H groups in total. The number of alkyl halides is 3. The van der Waals surface area contributed by atoms with Gasteiger partial charge in [-0.15, -0.1) is 18.3 Å². The summed E-state index contributed by atoms with van der Waals surface area (Å²) in [5.74, 6) is 1.16. The van der Waals surface area contributed by atoms with Crippen LogP contribution in [0.1, 0.15) is 54.9 Å². The highest BCUT2D eigenvalue weighted by Gasteiger charge is 2.31. The van der Waals surface area contributed by atoms with Gasteiger partial charge in [-0.1, -0.05) is 60.6 Å². The summed E-state index contributed by atoms with van der Waals surface area (Å²) in [5.41, 5.74) is 7.07. The number of aliphatic imine (C=N–C) groups is 1. The molecule has 1 aliphatic rings. The third-order valence-corrected chi connectivity index (χ3v) is 8.93. The highest BCUT2D eigenvalue weighted by atomic mass is 32.2. The number of anilines is 1. The molecule has 0 spiro atoms. The summed E-state index contributed by atoms with van der Waals surface area (Å²) in [4.78, 5) is 24.2. The fraction of sp³-hybridized carbons (Fsp3) is 0.353. The Morgan fingerprint density at radius 3 is 2.39 bits per heavy atom. The molecule has 1 aromatic heterocycles. The second-order valence-corrected chi connectivity index (χ2v) is 12.5. The molecule has 2 heterocycles. The van der Waals surface area contributed by atoms with Crippen LogP contribution >= 0.6 is 11.8 Å². The summed E-state index contributed by atoms with van der Waals surface area (Å²) in [7, 11) is 0. The SMILES string of the molecule is CCC(CNC(=O)N=C1SCCC(C)N1c1c(C)cc(C)cc1C)c1ccc(-c2ncn(-c3ccc(OC(F)(F)F)cc3)n2)cc1. The quantitative estimate of drug-likeness (QED) is 0.206. The molecular formula is C34H37F3N6O2S.